The van der Waals surface area contributed by atoms with Crippen molar-refractivity contribution in [1.29, 1.82) is 0 Å². The lowest BCUT2D eigenvalue weighted by molar-refractivity contribution is -0.146. The van der Waals surface area contributed by atoms with Gasteiger partial charge in [0.2, 0.25) is 5.89 Å². The Balaban J connectivity index is 1.63. The van der Waals surface area contributed by atoms with Gasteiger partial charge >= 0.3 is 5.97 Å². The lowest BCUT2D eigenvalue weighted by Gasteiger charge is -2.20. The molecule has 1 atom stereocenters. The van der Waals surface area contributed by atoms with Crippen molar-refractivity contribution in [2.24, 2.45) is 0 Å². The second-order valence-corrected chi connectivity index (χ2v) is 5.42. The highest BCUT2D eigenvalue weighted by molar-refractivity contribution is 5.75. The number of hydrogen-bond donors (Lipinski definition) is 0. The first kappa shape index (κ1) is 14.7. The molecule has 116 valence electrons. The van der Waals surface area contributed by atoms with Crippen LogP contribution in [0.2, 0.25) is 0 Å². The summed E-state index contributed by atoms with van der Waals surface area (Å²) in [7, 11) is 1.42. The highest BCUT2D eigenvalue weighted by Crippen LogP contribution is 2.20. The third-order valence-electron chi connectivity index (χ3n) is 3.89. The van der Waals surface area contributed by atoms with Crippen LogP contribution in [0.1, 0.15) is 30.1 Å². The molecule has 1 unspecified atom stereocenters. The van der Waals surface area contributed by atoms with Gasteiger partial charge in [0.1, 0.15) is 6.04 Å². The summed E-state index contributed by atoms with van der Waals surface area (Å²) in [6.07, 6.45) is 2.42. The van der Waals surface area contributed by atoms with E-state index >= 15 is 0 Å². The van der Waals surface area contributed by atoms with Gasteiger partial charge in [-0.3, -0.25) is 9.69 Å². The smallest absolute Gasteiger partial charge is 0.323 e. The van der Waals surface area contributed by atoms with Gasteiger partial charge in [-0.1, -0.05) is 35.5 Å². The molecule has 6 nitrogen and oxygen atoms in total. The normalized spacial score (nSPS) is 18.5. The Morgan fingerprint density at radius 1 is 1.41 bits per heavy atom. The van der Waals surface area contributed by atoms with Gasteiger partial charge in [0.25, 0.3) is 0 Å². The van der Waals surface area contributed by atoms with Crippen molar-refractivity contribution < 1.29 is 14.1 Å². The number of likely N-dealkylation sites (tertiary alicyclic amines) is 1. The van der Waals surface area contributed by atoms with E-state index in [1.165, 1.54) is 7.11 Å². The molecule has 1 saturated heterocycles. The largest absolute Gasteiger partial charge is 0.468 e. The van der Waals surface area contributed by atoms with E-state index in [4.69, 9.17) is 9.26 Å². The molecule has 1 aliphatic heterocycles. The number of rotatable bonds is 5. The summed E-state index contributed by atoms with van der Waals surface area (Å²) >= 11 is 0. The fraction of sp³-hybridized carbons (Fsp3) is 0.438. The lowest BCUT2D eigenvalue weighted by atomic mass is 10.1. The van der Waals surface area contributed by atoms with E-state index in [2.05, 4.69) is 10.1 Å². The molecule has 1 aromatic carbocycles. The minimum atomic E-state index is -0.193. The van der Waals surface area contributed by atoms with Crippen molar-refractivity contribution in [2.75, 3.05) is 13.7 Å². The molecule has 6 heteroatoms. The van der Waals surface area contributed by atoms with Crippen LogP contribution in [0.15, 0.2) is 34.9 Å². The number of ether oxygens (including phenoxy) is 1. The third-order valence-corrected chi connectivity index (χ3v) is 3.89. The molecule has 0 radical (unpaired) electrons. The number of benzene rings is 1. The summed E-state index contributed by atoms with van der Waals surface area (Å²) in [5.74, 6) is 1.02. The van der Waals surface area contributed by atoms with E-state index in [9.17, 15) is 4.79 Å². The van der Waals surface area contributed by atoms with Crippen molar-refractivity contribution in [3.05, 3.63) is 47.6 Å². The minimum Gasteiger partial charge on any atom is -0.468 e. The van der Waals surface area contributed by atoms with Crippen LogP contribution in [0.3, 0.4) is 0 Å². The van der Waals surface area contributed by atoms with Crippen LogP contribution >= 0.6 is 0 Å². The van der Waals surface area contributed by atoms with Gasteiger partial charge in [0.15, 0.2) is 5.82 Å². The van der Waals surface area contributed by atoms with E-state index in [0.717, 1.165) is 24.9 Å². The Bertz CT molecular complexity index is 627. The van der Waals surface area contributed by atoms with Gasteiger partial charge in [0.05, 0.1) is 20.1 Å². The maximum absolute atomic E-state index is 11.7. The van der Waals surface area contributed by atoms with Gasteiger partial charge in [-0.2, -0.15) is 4.98 Å². The Morgan fingerprint density at radius 3 is 3.00 bits per heavy atom. The topological polar surface area (TPSA) is 68.5 Å². The van der Waals surface area contributed by atoms with Crippen molar-refractivity contribution in [2.45, 2.75) is 31.8 Å². The van der Waals surface area contributed by atoms with Crippen LogP contribution < -0.4 is 0 Å². The van der Waals surface area contributed by atoms with Crippen molar-refractivity contribution in [3.63, 3.8) is 0 Å². The van der Waals surface area contributed by atoms with Gasteiger partial charge in [-0.25, -0.2) is 0 Å². The van der Waals surface area contributed by atoms with Gasteiger partial charge in [0, 0.05) is 0 Å². The Morgan fingerprint density at radius 2 is 2.23 bits per heavy atom. The molecule has 1 fully saturated rings. The molecule has 2 aromatic rings. The van der Waals surface area contributed by atoms with Crippen LogP contribution in [0, 0.1) is 0 Å². The number of methoxy groups -OCH3 is 1. The van der Waals surface area contributed by atoms with Crippen LogP contribution in [0.5, 0.6) is 0 Å². The predicted molar refractivity (Wildman–Crippen MR) is 79.0 cm³/mol. The Kier molecular flexibility index (Phi) is 4.48. The lowest BCUT2D eigenvalue weighted by Crippen LogP contribution is -2.36. The molecule has 0 N–H and O–H groups in total. The zero-order chi connectivity index (χ0) is 15.4. The summed E-state index contributed by atoms with van der Waals surface area (Å²) in [4.78, 5) is 18.2. The minimum absolute atomic E-state index is 0.189. The van der Waals surface area contributed by atoms with Crippen molar-refractivity contribution >= 4 is 5.97 Å². The number of carbonyl (C=O) groups excluding carboxylic acids is 1. The molecule has 1 aromatic heterocycles. The first-order valence-corrected chi connectivity index (χ1v) is 7.43. The van der Waals surface area contributed by atoms with Gasteiger partial charge < -0.3 is 9.26 Å². The van der Waals surface area contributed by atoms with Gasteiger partial charge in [-0.05, 0) is 24.9 Å². The summed E-state index contributed by atoms with van der Waals surface area (Å²) in [5, 5.41) is 4.02. The zero-order valence-corrected chi connectivity index (χ0v) is 12.6. The number of esters is 1. The molecule has 0 spiro atoms. The van der Waals surface area contributed by atoms with Crippen LogP contribution in [0.4, 0.5) is 0 Å². The standard InChI is InChI=1S/C16H19N3O3/c1-21-16(20)13-8-5-9-19(13)11-14-17-15(22-18-14)10-12-6-3-2-4-7-12/h2-4,6-7,13H,5,8-11H2,1H3. The molecule has 22 heavy (non-hydrogen) atoms. The maximum Gasteiger partial charge on any atom is 0.323 e. The van der Waals surface area contributed by atoms with Gasteiger partial charge in [-0.15, -0.1) is 0 Å². The zero-order valence-electron chi connectivity index (χ0n) is 12.6. The molecular formula is C16H19N3O3. The molecule has 1 aliphatic rings. The van der Waals surface area contributed by atoms with E-state index in [-0.39, 0.29) is 12.0 Å². The Labute approximate surface area is 129 Å². The second-order valence-electron chi connectivity index (χ2n) is 5.42. The monoisotopic (exact) mass is 301 g/mol. The molecular weight excluding hydrogens is 282 g/mol. The average molecular weight is 301 g/mol. The Hall–Kier alpha value is -2.21. The molecule has 0 aliphatic carbocycles. The molecule has 0 saturated carbocycles. The van der Waals surface area contributed by atoms with E-state index in [1.54, 1.807) is 0 Å². The van der Waals surface area contributed by atoms with E-state index in [0.29, 0.717) is 24.7 Å². The summed E-state index contributed by atoms with van der Waals surface area (Å²) in [6, 6.07) is 9.80. The number of carbonyl (C=O) groups is 1. The molecule has 0 amide bonds. The summed E-state index contributed by atoms with van der Waals surface area (Å²) < 4.78 is 10.1. The van der Waals surface area contributed by atoms with E-state index < -0.39 is 0 Å². The first-order valence-electron chi connectivity index (χ1n) is 7.43. The fourth-order valence-corrected chi connectivity index (χ4v) is 2.80. The molecule has 0 bridgehead atoms. The van der Waals surface area contributed by atoms with E-state index in [1.807, 2.05) is 35.2 Å². The third kappa shape index (κ3) is 3.33. The molecule has 2 heterocycles. The number of nitrogens with zero attached hydrogens (tertiary/aromatic N) is 3. The van der Waals surface area contributed by atoms with Crippen LogP contribution in [-0.2, 0) is 22.5 Å². The summed E-state index contributed by atoms with van der Waals surface area (Å²) in [5.41, 5.74) is 1.13. The number of hydrogen-bond acceptors (Lipinski definition) is 6. The van der Waals surface area contributed by atoms with Crippen molar-refractivity contribution in [1.82, 2.24) is 15.0 Å². The predicted octanol–water partition coefficient (Wildman–Crippen LogP) is 1.80. The van der Waals surface area contributed by atoms with Crippen LogP contribution in [-0.4, -0.2) is 40.7 Å². The highest BCUT2D eigenvalue weighted by Gasteiger charge is 2.32. The van der Waals surface area contributed by atoms with Crippen LogP contribution in [0.25, 0.3) is 0 Å². The maximum atomic E-state index is 11.7. The second kappa shape index (κ2) is 6.70. The number of aromatic nitrogens is 2. The molecule has 3 rings (SSSR count). The fourth-order valence-electron chi connectivity index (χ4n) is 2.80. The average Bonchev–Trinajstić information content (AvgIpc) is 3.18. The van der Waals surface area contributed by atoms with Crippen molar-refractivity contribution in [3.8, 4) is 0 Å². The summed E-state index contributed by atoms with van der Waals surface area (Å²) in [6.45, 7) is 1.36. The first-order chi connectivity index (χ1) is 10.8. The SMILES string of the molecule is COC(=O)C1CCCN1Cc1noc(Cc2ccccc2)n1. The quantitative estimate of drug-likeness (QED) is 0.784. The highest BCUT2D eigenvalue weighted by atomic mass is 16.5.